The molecule has 1 N–H and O–H groups in total. The van der Waals surface area contributed by atoms with Gasteiger partial charge in [0, 0.05) is 6.42 Å². The summed E-state index contributed by atoms with van der Waals surface area (Å²) in [4.78, 5) is 1.44. The van der Waals surface area contributed by atoms with E-state index < -0.39 is 5.60 Å². The molecule has 0 aromatic carbocycles. The SMILES string of the molecule is Cn1nnc(CC2(O)CCCCCC2)n1. The highest BCUT2D eigenvalue weighted by Crippen LogP contribution is 2.29. The number of rotatable bonds is 2. The van der Waals surface area contributed by atoms with Crippen molar-refractivity contribution in [1.82, 2.24) is 20.2 Å². The van der Waals surface area contributed by atoms with Gasteiger partial charge in [-0.3, -0.25) is 0 Å². The van der Waals surface area contributed by atoms with Crippen LogP contribution in [-0.2, 0) is 13.5 Å². The summed E-state index contributed by atoms with van der Waals surface area (Å²) in [6.45, 7) is 0. The molecule has 0 spiro atoms. The Morgan fingerprint density at radius 2 is 1.93 bits per heavy atom. The van der Waals surface area contributed by atoms with Gasteiger partial charge in [0.1, 0.15) is 0 Å². The van der Waals surface area contributed by atoms with Crippen LogP contribution in [0, 0.1) is 0 Å². The van der Waals surface area contributed by atoms with Gasteiger partial charge in [0.15, 0.2) is 5.82 Å². The van der Waals surface area contributed by atoms with Crippen molar-refractivity contribution in [2.24, 2.45) is 7.05 Å². The van der Waals surface area contributed by atoms with Gasteiger partial charge < -0.3 is 5.11 Å². The van der Waals surface area contributed by atoms with Crippen molar-refractivity contribution in [3.63, 3.8) is 0 Å². The fraction of sp³-hybridized carbons (Fsp3) is 0.900. The maximum atomic E-state index is 10.4. The van der Waals surface area contributed by atoms with Gasteiger partial charge in [0.25, 0.3) is 0 Å². The molecule has 5 heteroatoms. The first-order chi connectivity index (χ1) is 7.18. The lowest BCUT2D eigenvalue weighted by molar-refractivity contribution is 0.0233. The van der Waals surface area contributed by atoms with Crippen molar-refractivity contribution in [3.8, 4) is 0 Å². The van der Waals surface area contributed by atoms with Gasteiger partial charge in [-0.2, -0.15) is 4.80 Å². The van der Waals surface area contributed by atoms with E-state index in [1.54, 1.807) is 7.05 Å². The normalized spacial score (nSPS) is 21.2. The number of hydrogen-bond acceptors (Lipinski definition) is 4. The molecule has 15 heavy (non-hydrogen) atoms. The third-order valence-corrected chi connectivity index (χ3v) is 3.07. The standard InChI is InChI=1S/C10H18N4O/c1-14-12-9(11-13-14)8-10(15)6-4-2-3-5-7-10/h15H,2-8H2,1H3. The Kier molecular flexibility index (Phi) is 3.00. The van der Waals surface area contributed by atoms with Crippen LogP contribution in [0.2, 0.25) is 0 Å². The van der Waals surface area contributed by atoms with Crippen molar-refractivity contribution in [2.45, 2.75) is 50.5 Å². The molecule has 1 aliphatic carbocycles. The van der Waals surface area contributed by atoms with Crippen molar-refractivity contribution in [3.05, 3.63) is 5.82 Å². The van der Waals surface area contributed by atoms with Crippen LogP contribution in [0.5, 0.6) is 0 Å². The summed E-state index contributed by atoms with van der Waals surface area (Å²) in [5, 5.41) is 22.2. The molecule has 1 aliphatic rings. The number of tetrazole rings is 1. The summed E-state index contributed by atoms with van der Waals surface area (Å²) in [5.41, 5.74) is -0.598. The summed E-state index contributed by atoms with van der Waals surface area (Å²) < 4.78 is 0. The topological polar surface area (TPSA) is 63.8 Å². The van der Waals surface area contributed by atoms with Gasteiger partial charge in [-0.25, -0.2) is 0 Å². The van der Waals surface area contributed by atoms with Gasteiger partial charge in [0.05, 0.1) is 12.6 Å². The van der Waals surface area contributed by atoms with Gasteiger partial charge in [-0.05, 0) is 18.1 Å². The second-order valence-electron chi connectivity index (χ2n) is 4.51. The van der Waals surface area contributed by atoms with Gasteiger partial charge in [-0.15, -0.1) is 10.2 Å². The maximum Gasteiger partial charge on any atom is 0.177 e. The molecule has 0 aliphatic heterocycles. The van der Waals surface area contributed by atoms with Crippen LogP contribution < -0.4 is 0 Å². The minimum absolute atomic E-state index is 0.543. The zero-order valence-corrected chi connectivity index (χ0v) is 9.19. The molecule has 1 fully saturated rings. The molecule has 0 bridgehead atoms. The highest BCUT2D eigenvalue weighted by Gasteiger charge is 2.29. The van der Waals surface area contributed by atoms with E-state index in [2.05, 4.69) is 15.4 Å². The Bertz CT molecular complexity index is 315. The van der Waals surface area contributed by atoms with Gasteiger partial charge in [-0.1, -0.05) is 25.7 Å². The lowest BCUT2D eigenvalue weighted by atomic mass is 9.91. The van der Waals surface area contributed by atoms with Crippen LogP contribution in [0.15, 0.2) is 0 Å². The first-order valence-electron chi connectivity index (χ1n) is 5.63. The van der Waals surface area contributed by atoms with Crippen LogP contribution in [0.3, 0.4) is 0 Å². The average Bonchev–Trinajstić information content (AvgIpc) is 2.46. The van der Waals surface area contributed by atoms with Crippen LogP contribution in [-0.4, -0.2) is 30.9 Å². The number of aryl methyl sites for hydroxylation is 1. The highest BCUT2D eigenvalue weighted by atomic mass is 16.3. The fourth-order valence-corrected chi connectivity index (χ4v) is 2.25. The molecule has 0 radical (unpaired) electrons. The molecule has 1 aromatic rings. The minimum atomic E-state index is -0.598. The third-order valence-electron chi connectivity index (χ3n) is 3.07. The second kappa shape index (κ2) is 4.26. The molecule has 0 unspecified atom stereocenters. The second-order valence-corrected chi connectivity index (χ2v) is 4.51. The van der Waals surface area contributed by atoms with Crippen molar-refractivity contribution < 1.29 is 5.11 Å². The third kappa shape index (κ3) is 2.75. The lowest BCUT2D eigenvalue weighted by Gasteiger charge is -2.24. The van der Waals surface area contributed by atoms with E-state index in [1.807, 2.05) is 0 Å². The Morgan fingerprint density at radius 1 is 1.27 bits per heavy atom. The lowest BCUT2D eigenvalue weighted by Crippen LogP contribution is -2.31. The Balaban J connectivity index is 2.02. The van der Waals surface area contributed by atoms with E-state index >= 15 is 0 Å². The van der Waals surface area contributed by atoms with E-state index in [9.17, 15) is 5.11 Å². The van der Waals surface area contributed by atoms with E-state index in [0.29, 0.717) is 12.2 Å². The van der Waals surface area contributed by atoms with Crippen LogP contribution in [0.25, 0.3) is 0 Å². The quantitative estimate of drug-likeness (QED) is 0.735. The minimum Gasteiger partial charge on any atom is -0.389 e. The molecule has 84 valence electrons. The Labute approximate surface area is 89.5 Å². The summed E-state index contributed by atoms with van der Waals surface area (Å²) in [6, 6.07) is 0. The first kappa shape index (κ1) is 10.5. The number of aromatic nitrogens is 4. The molecule has 0 saturated heterocycles. The molecule has 1 heterocycles. The first-order valence-corrected chi connectivity index (χ1v) is 5.63. The predicted octanol–water partition coefficient (Wildman–Crippen LogP) is 0.838. The van der Waals surface area contributed by atoms with Crippen LogP contribution in [0.4, 0.5) is 0 Å². The molecule has 2 rings (SSSR count). The molecule has 1 saturated carbocycles. The molecular formula is C10H18N4O. The van der Waals surface area contributed by atoms with Crippen LogP contribution in [0.1, 0.15) is 44.3 Å². The highest BCUT2D eigenvalue weighted by molar-refractivity contribution is 4.92. The molecule has 5 nitrogen and oxygen atoms in total. The Hall–Kier alpha value is -0.970. The number of aliphatic hydroxyl groups is 1. The molecule has 0 atom stereocenters. The fourth-order valence-electron chi connectivity index (χ4n) is 2.25. The van der Waals surface area contributed by atoms with Crippen LogP contribution >= 0.6 is 0 Å². The summed E-state index contributed by atoms with van der Waals surface area (Å²) >= 11 is 0. The zero-order chi connectivity index (χ0) is 10.7. The number of hydrogen-bond donors (Lipinski definition) is 1. The van der Waals surface area contributed by atoms with Crippen molar-refractivity contribution in [2.75, 3.05) is 0 Å². The summed E-state index contributed by atoms with van der Waals surface area (Å²) in [6.07, 6.45) is 6.96. The predicted molar refractivity (Wildman–Crippen MR) is 55.2 cm³/mol. The van der Waals surface area contributed by atoms with Gasteiger partial charge in [0.2, 0.25) is 0 Å². The van der Waals surface area contributed by atoms with Gasteiger partial charge >= 0.3 is 0 Å². The zero-order valence-electron chi connectivity index (χ0n) is 9.19. The van der Waals surface area contributed by atoms with E-state index in [1.165, 1.54) is 17.6 Å². The summed E-state index contributed by atoms with van der Waals surface area (Å²) in [7, 11) is 1.74. The number of nitrogens with zero attached hydrogens (tertiary/aromatic N) is 4. The maximum absolute atomic E-state index is 10.4. The monoisotopic (exact) mass is 210 g/mol. The van der Waals surface area contributed by atoms with E-state index in [-0.39, 0.29) is 0 Å². The molecule has 1 aromatic heterocycles. The average molecular weight is 210 g/mol. The summed E-state index contributed by atoms with van der Waals surface area (Å²) in [5.74, 6) is 0.655. The Morgan fingerprint density at radius 3 is 2.47 bits per heavy atom. The van der Waals surface area contributed by atoms with Crippen molar-refractivity contribution >= 4 is 0 Å². The molecule has 0 amide bonds. The molecular weight excluding hydrogens is 192 g/mol. The van der Waals surface area contributed by atoms with Crippen molar-refractivity contribution in [1.29, 1.82) is 0 Å². The van der Waals surface area contributed by atoms with E-state index in [0.717, 1.165) is 25.7 Å². The smallest absolute Gasteiger partial charge is 0.177 e. The largest absolute Gasteiger partial charge is 0.389 e. The van der Waals surface area contributed by atoms with E-state index in [4.69, 9.17) is 0 Å².